The Morgan fingerprint density at radius 2 is 1.81 bits per heavy atom. The number of rotatable bonds is 4. The number of para-hydroxylation sites is 1. The first-order valence-corrected chi connectivity index (χ1v) is 8.72. The van der Waals surface area contributed by atoms with E-state index in [0.717, 1.165) is 55.6 Å². The van der Waals surface area contributed by atoms with Crippen LogP contribution in [0.5, 0.6) is 0 Å². The Hall–Kier alpha value is -3.00. The van der Waals surface area contributed by atoms with Crippen LogP contribution in [0.3, 0.4) is 0 Å². The van der Waals surface area contributed by atoms with Crippen LogP contribution in [0.15, 0.2) is 42.6 Å². The fourth-order valence-corrected chi connectivity index (χ4v) is 3.18. The average molecular weight is 350 g/mol. The van der Waals surface area contributed by atoms with Crippen molar-refractivity contribution in [3.05, 3.63) is 54.0 Å². The summed E-state index contributed by atoms with van der Waals surface area (Å²) in [7, 11) is 0. The lowest BCUT2D eigenvalue weighted by atomic mass is 10.3. The van der Waals surface area contributed by atoms with Crippen LogP contribution in [0.25, 0.3) is 5.69 Å². The number of nitrogens with two attached hydrogens (primary N) is 1. The van der Waals surface area contributed by atoms with E-state index in [9.17, 15) is 0 Å². The summed E-state index contributed by atoms with van der Waals surface area (Å²) in [5, 5.41) is 8.54. The normalized spacial score (nSPS) is 15.3. The Bertz CT molecular complexity index is 848. The number of aromatic nitrogens is 5. The molecule has 134 valence electrons. The third-order valence-electron chi connectivity index (χ3n) is 4.50. The van der Waals surface area contributed by atoms with Gasteiger partial charge >= 0.3 is 0 Å². The lowest BCUT2D eigenvalue weighted by Gasteiger charge is -2.35. The number of hydrogen-bond acceptors (Lipinski definition) is 7. The Morgan fingerprint density at radius 1 is 1.04 bits per heavy atom. The molecule has 8 nitrogen and oxygen atoms in total. The zero-order chi connectivity index (χ0) is 17.9. The van der Waals surface area contributed by atoms with E-state index in [-0.39, 0.29) is 0 Å². The van der Waals surface area contributed by atoms with Gasteiger partial charge in [-0.3, -0.25) is 4.90 Å². The van der Waals surface area contributed by atoms with Gasteiger partial charge in [0, 0.05) is 44.5 Å². The van der Waals surface area contributed by atoms with Crippen molar-refractivity contribution in [2.75, 3.05) is 36.8 Å². The molecule has 1 aliphatic heterocycles. The largest absolute Gasteiger partial charge is 0.368 e. The fraction of sp³-hybridized carbons (Fsp3) is 0.333. The Morgan fingerprint density at radius 3 is 2.54 bits per heavy atom. The van der Waals surface area contributed by atoms with E-state index < -0.39 is 0 Å². The standard InChI is InChI=1S/C18H22N8/c1-14-11-17(21-18(19)20-14)25-9-7-24(8-10-25)12-15-13-26(23-22-15)16-5-3-2-4-6-16/h2-6,11,13H,7-10,12H2,1H3,(H2,19,20,21). The van der Waals surface area contributed by atoms with Crippen LogP contribution in [0.2, 0.25) is 0 Å². The highest BCUT2D eigenvalue weighted by Crippen LogP contribution is 2.17. The van der Waals surface area contributed by atoms with Gasteiger partial charge in [0.25, 0.3) is 0 Å². The molecule has 2 aromatic heterocycles. The Labute approximate surface area is 152 Å². The number of aryl methyl sites for hydroxylation is 1. The van der Waals surface area contributed by atoms with E-state index in [0.29, 0.717) is 5.95 Å². The SMILES string of the molecule is Cc1cc(N2CCN(Cc3cn(-c4ccccc4)nn3)CC2)nc(N)n1. The maximum Gasteiger partial charge on any atom is 0.222 e. The number of piperazine rings is 1. The molecule has 0 saturated carbocycles. The summed E-state index contributed by atoms with van der Waals surface area (Å²) in [5.74, 6) is 1.24. The molecule has 3 aromatic rings. The minimum Gasteiger partial charge on any atom is -0.368 e. The maximum atomic E-state index is 5.77. The van der Waals surface area contributed by atoms with Crippen molar-refractivity contribution in [1.82, 2.24) is 29.9 Å². The molecule has 0 aliphatic carbocycles. The van der Waals surface area contributed by atoms with Crippen LogP contribution < -0.4 is 10.6 Å². The van der Waals surface area contributed by atoms with Gasteiger partial charge in [0.05, 0.1) is 17.6 Å². The van der Waals surface area contributed by atoms with Gasteiger partial charge in [-0.15, -0.1) is 5.10 Å². The molecule has 1 saturated heterocycles. The van der Waals surface area contributed by atoms with E-state index >= 15 is 0 Å². The van der Waals surface area contributed by atoms with Gasteiger partial charge in [0.2, 0.25) is 5.95 Å². The summed E-state index contributed by atoms with van der Waals surface area (Å²) in [6, 6.07) is 12.0. The number of nitrogens with zero attached hydrogens (tertiary/aromatic N) is 7. The van der Waals surface area contributed by atoms with Crippen LogP contribution in [-0.4, -0.2) is 56.0 Å². The van der Waals surface area contributed by atoms with E-state index in [1.165, 1.54) is 0 Å². The lowest BCUT2D eigenvalue weighted by molar-refractivity contribution is 0.246. The average Bonchev–Trinajstić information content (AvgIpc) is 3.11. The van der Waals surface area contributed by atoms with Crippen molar-refractivity contribution in [1.29, 1.82) is 0 Å². The lowest BCUT2D eigenvalue weighted by Crippen LogP contribution is -2.46. The van der Waals surface area contributed by atoms with Crippen molar-refractivity contribution in [3.8, 4) is 5.69 Å². The van der Waals surface area contributed by atoms with Gasteiger partial charge in [-0.2, -0.15) is 4.98 Å². The van der Waals surface area contributed by atoms with Crippen molar-refractivity contribution in [3.63, 3.8) is 0 Å². The molecule has 4 rings (SSSR count). The van der Waals surface area contributed by atoms with Crippen LogP contribution >= 0.6 is 0 Å². The first kappa shape index (κ1) is 16.5. The highest BCUT2D eigenvalue weighted by Gasteiger charge is 2.19. The first-order valence-electron chi connectivity index (χ1n) is 8.72. The summed E-state index contributed by atoms with van der Waals surface area (Å²) in [6.45, 7) is 6.44. The minimum atomic E-state index is 0.333. The van der Waals surface area contributed by atoms with Gasteiger partial charge in [-0.05, 0) is 19.1 Å². The van der Waals surface area contributed by atoms with Gasteiger partial charge in [0.15, 0.2) is 0 Å². The molecular weight excluding hydrogens is 328 g/mol. The molecule has 0 amide bonds. The van der Waals surface area contributed by atoms with Gasteiger partial charge in [0.1, 0.15) is 5.82 Å². The predicted molar refractivity (Wildman–Crippen MR) is 100 cm³/mol. The topological polar surface area (TPSA) is 89.0 Å². The molecular formula is C18H22N8. The van der Waals surface area contributed by atoms with E-state index in [1.807, 2.05) is 54.2 Å². The highest BCUT2D eigenvalue weighted by atomic mass is 15.4. The zero-order valence-corrected chi connectivity index (χ0v) is 14.8. The number of nitrogen functional groups attached to an aromatic ring is 1. The summed E-state index contributed by atoms with van der Waals surface area (Å²) >= 11 is 0. The van der Waals surface area contributed by atoms with E-state index in [2.05, 4.69) is 30.1 Å². The summed E-state index contributed by atoms with van der Waals surface area (Å²) < 4.78 is 1.82. The third kappa shape index (κ3) is 3.65. The molecule has 26 heavy (non-hydrogen) atoms. The van der Waals surface area contributed by atoms with Crippen LogP contribution in [0.4, 0.5) is 11.8 Å². The molecule has 8 heteroatoms. The number of benzene rings is 1. The zero-order valence-electron chi connectivity index (χ0n) is 14.8. The van der Waals surface area contributed by atoms with Gasteiger partial charge in [-0.25, -0.2) is 9.67 Å². The molecule has 1 aromatic carbocycles. The third-order valence-corrected chi connectivity index (χ3v) is 4.50. The molecule has 0 radical (unpaired) electrons. The highest BCUT2D eigenvalue weighted by molar-refractivity contribution is 5.43. The molecule has 3 heterocycles. The monoisotopic (exact) mass is 350 g/mol. The second-order valence-electron chi connectivity index (χ2n) is 6.48. The van der Waals surface area contributed by atoms with Crippen LogP contribution in [-0.2, 0) is 6.54 Å². The van der Waals surface area contributed by atoms with Crippen LogP contribution in [0, 0.1) is 6.92 Å². The molecule has 2 N–H and O–H groups in total. The minimum absolute atomic E-state index is 0.333. The van der Waals surface area contributed by atoms with Crippen LogP contribution in [0.1, 0.15) is 11.4 Å². The van der Waals surface area contributed by atoms with Crippen molar-refractivity contribution >= 4 is 11.8 Å². The van der Waals surface area contributed by atoms with E-state index in [4.69, 9.17) is 5.73 Å². The van der Waals surface area contributed by atoms with Crippen molar-refractivity contribution < 1.29 is 0 Å². The molecule has 0 unspecified atom stereocenters. The quantitative estimate of drug-likeness (QED) is 0.758. The van der Waals surface area contributed by atoms with Crippen molar-refractivity contribution in [2.45, 2.75) is 13.5 Å². The maximum absolute atomic E-state index is 5.77. The van der Waals surface area contributed by atoms with E-state index in [1.54, 1.807) is 0 Å². The molecule has 1 fully saturated rings. The smallest absolute Gasteiger partial charge is 0.222 e. The summed E-state index contributed by atoms with van der Waals surface area (Å²) in [6.07, 6.45) is 2.00. The predicted octanol–water partition coefficient (Wildman–Crippen LogP) is 1.27. The van der Waals surface area contributed by atoms with Crippen molar-refractivity contribution in [2.24, 2.45) is 0 Å². The molecule has 0 bridgehead atoms. The summed E-state index contributed by atoms with van der Waals surface area (Å²) in [5.41, 5.74) is 8.66. The second kappa shape index (κ2) is 7.09. The molecule has 1 aliphatic rings. The number of anilines is 2. The Kier molecular flexibility index (Phi) is 4.49. The number of hydrogen-bond donors (Lipinski definition) is 1. The summed E-state index contributed by atoms with van der Waals surface area (Å²) in [4.78, 5) is 13.1. The second-order valence-corrected chi connectivity index (χ2v) is 6.48. The molecule has 0 atom stereocenters. The molecule has 0 spiro atoms. The van der Waals surface area contributed by atoms with Gasteiger partial charge < -0.3 is 10.6 Å². The van der Waals surface area contributed by atoms with Gasteiger partial charge in [-0.1, -0.05) is 23.4 Å². The Balaban J connectivity index is 1.36. The first-order chi connectivity index (χ1) is 12.7. The fourth-order valence-electron chi connectivity index (χ4n) is 3.18.